The van der Waals surface area contributed by atoms with Crippen molar-refractivity contribution in [1.29, 1.82) is 0 Å². The van der Waals surface area contributed by atoms with Crippen molar-refractivity contribution in [3.05, 3.63) is 78.0 Å². The number of aromatic nitrogens is 1. The second-order valence-electron chi connectivity index (χ2n) is 6.18. The summed E-state index contributed by atoms with van der Waals surface area (Å²) < 4.78 is 5.33. The molecule has 129 valence electrons. The van der Waals surface area contributed by atoms with Gasteiger partial charge in [-0.05, 0) is 41.0 Å². The van der Waals surface area contributed by atoms with E-state index >= 15 is 0 Å². The number of carbonyl (C=O) groups is 1. The van der Waals surface area contributed by atoms with E-state index in [9.17, 15) is 4.79 Å². The average molecular weight is 343 g/mol. The first-order valence-electron chi connectivity index (χ1n) is 8.58. The summed E-state index contributed by atoms with van der Waals surface area (Å²) in [6, 6.07) is 20.0. The molecule has 0 fully saturated rings. The number of nitrogens with one attached hydrogen (secondary N) is 2. The highest BCUT2D eigenvalue weighted by atomic mass is 16.5. The summed E-state index contributed by atoms with van der Waals surface area (Å²) in [7, 11) is 1.67. The molecule has 1 aromatic heterocycles. The SMILES string of the molecule is COc1ccc2cccc(CCNC(=O)c3[c][nH]c4ccccc34)c2c1. The van der Waals surface area contributed by atoms with E-state index in [1.54, 1.807) is 7.11 Å². The first-order chi connectivity index (χ1) is 12.8. The van der Waals surface area contributed by atoms with E-state index in [1.165, 1.54) is 10.9 Å². The molecule has 3 aromatic carbocycles. The Morgan fingerprint density at radius 1 is 1.08 bits per heavy atom. The molecule has 2 N–H and O–H groups in total. The van der Waals surface area contributed by atoms with Gasteiger partial charge in [-0.1, -0.05) is 42.5 Å². The van der Waals surface area contributed by atoms with Crippen molar-refractivity contribution in [3.63, 3.8) is 0 Å². The third-order valence-electron chi connectivity index (χ3n) is 4.61. The molecule has 0 bridgehead atoms. The summed E-state index contributed by atoms with van der Waals surface area (Å²) in [5, 5.41) is 6.21. The average Bonchev–Trinajstić information content (AvgIpc) is 3.12. The lowest BCUT2D eigenvalue weighted by Crippen LogP contribution is -2.25. The lowest BCUT2D eigenvalue weighted by Gasteiger charge is -2.09. The third-order valence-corrected chi connectivity index (χ3v) is 4.61. The van der Waals surface area contributed by atoms with Crippen molar-refractivity contribution in [2.24, 2.45) is 0 Å². The normalized spacial score (nSPS) is 11.0. The maximum atomic E-state index is 12.5. The van der Waals surface area contributed by atoms with Crippen LogP contribution in [0.15, 0.2) is 60.7 Å². The largest absolute Gasteiger partial charge is 0.497 e. The molecule has 0 saturated carbocycles. The lowest BCUT2D eigenvalue weighted by molar-refractivity contribution is 0.0955. The van der Waals surface area contributed by atoms with Crippen LogP contribution in [0.2, 0.25) is 0 Å². The molecule has 0 unspecified atom stereocenters. The number of H-pyrrole nitrogens is 1. The fourth-order valence-electron chi connectivity index (χ4n) is 3.25. The van der Waals surface area contributed by atoms with Crippen LogP contribution in [-0.2, 0) is 6.42 Å². The number of rotatable bonds is 5. The van der Waals surface area contributed by atoms with Crippen molar-refractivity contribution >= 4 is 27.6 Å². The smallest absolute Gasteiger partial charge is 0.254 e. The van der Waals surface area contributed by atoms with Crippen molar-refractivity contribution in [2.45, 2.75) is 6.42 Å². The monoisotopic (exact) mass is 343 g/mol. The predicted octanol–water partition coefficient (Wildman–Crippen LogP) is 4.10. The fourth-order valence-corrected chi connectivity index (χ4v) is 3.25. The van der Waals surface area contributed by atoms with Gasteiger partial charge in [0.25, 0.3) is 5.91 Å². The molecule has 0 saturated heterocycles. The quantitative estimate of drug-likeness (QED) is 0.573. The molecule has 1 radical (unpaired) electrons. The first-order valence-corrected chi connectivity index (χ1v) is 8.58. The van der Waals surface area contributed by atoms with Crippen LogP contribution < -0.4 is 10.1 Å². The maximum Gasteiger partial charge on any atom is 0.254 e. The van der Waals surface area contributed by atoms with Crippen molar-refractivity contribution in [2.75, 3.05) is 13.7 Å². The molecular formula is C22H19N2O2. The van der Waals surface area contributed by atoms with Crippen LogP contribution in [0.25, 0.3) is 21.7 Å². The zero-order chi connectivity index (χ0) is 17.9. The minimum atomic E-state index is -0.111. The van der Waals surface area contributed by atoms with Gasteiger partial charge in [-0.25, -0.2) is 0 Å². The summed E-state index contributed by atoms with van der Waals surface area (Å²) in [6.45, 7) is 0.558. The van der Waals surface area contributed by atoms with Gasteiger partial charge in [-0.15, -0.1) is 0 Å². The minimum absolute atomic E-state index is 0.111. The topological polar surface area (TPSA) is 54.1 Å². The lowest BCUT2D eigenvalue weighted by atomic mass is 10.0. The minimum Gasteiger partial charge on any atom is -0.497 e. The standard InChI is InChI=1S/C22H19N2O2/c1-26-17-10-9-15-5-4-6-16(19(15)13-17)11-12-23-22(25)20-14-24-21-8-3-2-7-18(20)21/h2-10,13,24H,11-12H2,1H3,(H,23,25). The number of fused-ring (bicyclic) bond motifs is 2. The number of ether oxygens (including phenoxy) is 1. The maximum absolute atomic E-state index is 12.5. The van der Waals surface area contributed by atoms with Gasteiger partial charge >= 0.3 is 0 Å². The van der Waals surface area contributed by atoms with Crippen molar-refractivity contribution in [3.8, 4) is 5.75 Å². The van der Waals surface area contributed by atoms with Crippen LogP contribution >= 0.6 is 0 Å². The van der Waals surface area contributed by atoms with Gasteiger partial charge in [0.15, 0.2) is 0 Å². The van der Waals surface area contributed by atoms with Gasteiger partial charge in [-0.3, -0.25) is 4.79 Å². The first kappa shape index (κ1) is 16.2. The number of aromatic amines is 1. The summed E-state index contributed by atoms with van der Waals surface area (Å²) in [6.07, 6.45) is 3.70. The molecule has 4 nitrogen and oxygen atoms in total. The number of benzene rings is 3. The van der Waals surface area contributed by atoms with E-state index in [2.05, 4.69) is 34.7 Å². The van der Waals surface area contributed by atoms with E-state index in [0.717, 1.165) is 28.5 Å². The summed E-state index contributed by atoms with van der Waals surface area (Å²) in [4.78, 5) is 15.5. The van der Waals surface area contributed by atoms with Crippen molar-refractivity contribution in [1.82, 2.24) is 10.3 Å². The van der Waals surface area contributed by atoms with Gasteiger partial charge in [-0.2, -0.15) is 0 Å². The molecule has 0 aliphatic rings. The highest BCUT2D eigenvalue weighted by Gasteiger charge is 2.12. The third kappa shape index (κ3) is 3.02. The van der Waals surface area contributed by atoms with Crippen LogP contribution in [0.3, 0.4) is 0 Å². The molecule has 0 aliphatic heterocycles. The van der Waals surface area contributed by atoms with E-state index in [0.29, 0.717) is 12.1 Å². The second kappa shape index (κ2) is 6.92. The summed E-state index contributed by atoms with van der Waals surface area (Å²) >= 11 is 0. The molecule has 0 aliphatic carbocycles. The fraction of sp³-hybridized carbons (Fsp3) is 0.136. The Morgan fingerprint density at radius 2 is 1.96 bits per heavy atom. The van der Waals surface area contributed by atoms with Crippen LogP contribution in [0.1, 0.15) is 15.9 Å². The van der Waals surface area contributed by atoms with Gasteiger partial charge in [0.2, 0.25) is 0 Å². The highest BCUT2D eigenvalue weighted by molar-refractivity contribution is 6.06. The Labute approximate surface area is 151 Å². The van der Waals surface area contributed by atoms with Crippen LogP contribution in [0, 0.1) is 6.20 Å². The Balaban J connectivity index is 1.49. The Morgan fingerprint density at radius 3 is 2.85 bits per heavy atom. The van der Waals surface area contributed by atoms with E-state index in [1.807, 2.05) is 42.5 Å². The molecule has 1 heterocycles. The second-order valence-corrected chi connectivity index (χ2v) is 6.18. The predicted molar refractivity (Wildman–Crippen MR) is 104 cm³/mol. The molecule has 0 spiro atoms. The number of methoxy groups -OCH3 is 1. The molecule has 1 amide bonds. The van der Waals surface area contributed by atoms with Crippen LogP contribution in [0.5, 0.6) is 5.75 Å². The number of carbonyl (C=O) groups excluding carboxylic acids is 1. The highest BCUT2D eigenvalue weighted by Crippen LogP contribution is 2.24. The molecule has 26 heavy (non-hydrogen) atoms. The van der Waals surface area contributed by atoms with Crippen molar-refractivity contribution < 1.29 is 9.53 Å². The Kier molecular flexibility index (Phi) is 4.32. The van der Waals surface area contributed by atoms with E-state index < -0.39 is 0 Å². The zero-order valence-electron chi connectivity index (χ0n) is 14.5. The van der Waals surface area contributed by atoms with E-state index in [4.69, 9.17) is 4.74 Å². The van der Waals surface area contributed by atoms with Crippen LogP contribution in [0.4, 0.5) is 0 Å². The number of hydrogen-bond acceptors (Lipinski definition) is 2. The van der Waals surface area contributed by atoms with E-state index in [-0.39, 0.29) is 5.91 Å². The van der Waals surface area contributed by atoms with Crippen LogP contribution in [-0.4, -0.2) is 24.5 Å². The molecule has 4 aromatic rings. The summed E-state index contributed by atoms with van der Waals surface area (Å²) in [5.41, 5.74) is 2.66. The molecule has 0 atom stereocenters. The molecule has 4 heteroatoms. The molecule has 4 rings (SSSR count). The van der Waals surface area contributed by atoms with Gasteiger partial charge in [0.05, 0.1) is 18.9 Å². The number of para-hydroxylation sites is 1. The number of amides is 1. The van der Waals surface area contributed by atoms with Gasteiger partial charge < -0.3 is 15.0 Å². The number of hydrogen-bond donors (Lipinski definition) is 2. The van der Waals surface area contributed by atoms with Gasteiger partial charge in [0, 0.05) is 17.4 Å². The summed E-state index contributed by atoms with van der Waals surface area (Å²) in [5.74, 6) is 0.725. The van der Waals surface area contributed by atoms with Gasteiger partial charge in [0.1, 0.15) is 5.75 Å². The zero-order valence-corrected chi connectivity index (χ0v) is 14.5. The Bertz CT molecular complexity index is 1080. The molecular weight excluding hydrogens is 324 g/mol. The Hall–Kier alpha value is -3.27.